The highest BCUT2D eigenvalue weighted by molar-refractivity contribution is 7.99. The summed E-state index contributed by atoms with van der Waals surface area (Å²) in [6.07, 6.45) is 3.82. The van der Waals surface area contributed by atoms with Crippen molar-refractivity contribution in [1.82, 2.24) is 20.1 Å². The average Bonchev–Trinajstić information content (AvgIpc) is 3.00. The number of fused-ring (bicyclic) bond motifs is 1. The number of rotatable bonds is 8. The van der Waals surface area contributed by atoms with E-state index >= 15 is 0 Å². The first-order valence-electron chi connectivity index (χ1n) is 8.83. The Morgan fingerprint density at radius 2 is 2.31 bits per heavy atom. The minimum Gasteiger partial charge on any atom is -0.385 e. The van der Waals surface area contributed by atoms with Crippen LogP contribution in [-0.2, 0) is 22.5 Å². The molecule has 0 radical (unpaired) electrons. The van der Waals surface area contributed by atoms with E-state index in [4.69, 9.17) is 4.74 Å². The number of H-pyrrole nitrogens is 1. The monoisotopic (exact) mass is 376 g/mol. The van der Waals surface area contributed by atoms with Crippen LogP contribution in [0.15, 0.2) is 34.2 Å². The Labute approximate surface area is 156 Å². The number of methoxy groups -OCH3 is 1. The first kappa shape index (κ1) is 18.7. The number of hydrogen-bond donors (Lipinski definition) is 2. The zero-order valence-electron chi connectivity index (χ0n) is 14.9. The van der Waals surface area contributed by atoms with E-state index in [1.165, 1.54) is 22.9 Å². The van der Waals surface area contributed by atoms with E-state index in [-0.39, 0.29) is 23.4 Å². The molecule has 1 aliphatic carbocycles. The molecule has 1 heterocycles. The van der Waals surface area contributed by atoms with Gasteiger partial charge in [0.15, 0.2) is 5.16 Å². The van der Waals surface area contributed by atoms with Crippen LogP contribution in [0, 0.1) is 0 Å². The summed E-state index contributed by atoms with van der Waals surface area (Å²) >= 11 is 1.27. The molecular formula is C18H24N4O3S. The first-order valence-corrected chi connectivity index (χ1v) is 9.81. The normalized spacial score (nSPS) is 16.3. The fourth-order valence-corrected chi connectivity index (χ4v) is 4.03. The van der Waals surface area contributed by atoms with Crippen LogP contribution in [0.2, 0.25) is 0 Å². The zero-order valence-corrected chi connectivity index (χ0v) is 15.7. The van der Waals surface area contributed by atoms with Gasteiger partial charge in [0.05, 0.1) is 11.8 Å². The minimum atomic E-state index is -0.259. The number of hydrogen-bond acceptors (Lipinski definition) is 5. The lowest BCUT2D eigenvalue weighted by Crippen LogP contribution is -2.32. The molecule has 1 aromatic carbocycles. The highest BCUT2D eigenvalue weighted by Gasteiger charge is 2.21. The summed E-state index contributed by atoms with van der Waals surface area (Å²) < 4.78 is 6.56. The summed E-state index contributed by atoms with van der Waals surface area (Å²) in [6.45, 7) is 1.09. The van der Waals surface area contributed by atoms with Gasteiger partial charge in [0.25, 0.3) is 0 Å². The summed E-state index contributed by atoms with van der Waals surface area (Å²) in [7, 11) is 1.63. The van der Waals surface area contributed by atoms with E-state index in [2.05, 4.69) is 27.6 Å². The van der Waals surface area contributed by atoms with Crippen LogP contribution in [0.3, 0.4) is 0 Å². The third kappa shape index (κ3) is 4.56. The van der Waals surface area contributed by atoms with Crippen molar-refractivity contribution < 1.29 is 9.53 Å². The molecule has 26 heavy (non-hydrogen) atoms. The van der Waals surface area contributed by atoms with E-state index in [1.807, 2.05) is 12.1 Å². The van der Waals surface area contributed by atoms with Gasteiger partial charge in [-0.3, -0.25) is 9.36 Å². The summed E-state index contributed by atoms with van der Waals surface area (Å²) in [5.41, 5.74) is 2.27. The molecule has 0 bridgehead atoms. The fourth-order valence-electron chi connectivity index (χ4n) is 3.25. The van der Waals surface area contributed by atoms with Crippen LogP contribution in [0.1, 0.15) is 36.4 Å². The molecule has 1 aliphatic rings. The summed E-state index contributed by atoms with van der Waals surface area (Å²) in [5.74, 6) is 0.184. The maximum atomic E-state index is 12.4. The highest BCUT2D eigenvalue weighted by Crippen LogP contribution is 2.29. The standard InChI is InChI=1S/C18H24N4O3S/c1-25-11-5-10-22-17(24)20-21-18(22)26-12-16(23)19-15-9-4-7-13-6-2-3-8-14(13)15/h2-3,6,8,15H,4-5,7,9-12H2,1H3,(H,19,23)(H,20,24). The summed E-state index contributed by atoms with van der Waals surface area (Å²) in [6, 6.07) is 8.34. The van der Waals surface area contributed by atoms with Crippen LogP contribution in [0.4, 0.5) is 0 Å². The quantitative estimate of drug-likeness (QED) is 0.543. The van der Waals surface area contributed by atoms with Gasteiger partial charge in [-0.2, -0.15) is 0 Å². The number of amides is 1. The minimum absolute atomic E-state index is 0.0457. The van der Waals surface area contributed by atoms with E-state index in [9.17, 15) is 9.59 Å². The topological polar surface area (TPSA) is 89.0 Å². The van der Waals surface area contributed by atoms with Crippen molar-refractivity contribution in [3.63, 3.8) is 0 Å². The molecular weight excluding hydrogens is 352 g/mol. The van der Waals surface area contributed by atoms with Crippen LogP contribution in [0.5, 0.6) is 0 Å². The van der Waals surface area contributed by atoms with Gasteiger partial charge in [-0.15, -0.1) is 5.10 Å². The largest absolute Gasteiger partial charge is 0.385 e. The lowest BCUT2D eigenvalue weighted by molar-refractivity contribution is -0.119. The average molecular weight is 376 g/mol. The van der Waals surface area contributed by atoms with E-state index in [1.54, 1.807) is 11.7 Å². The lowest BCUT2D eigenvalue weighted by Gasteiger charge is -2.26. The number of carbonyl (C=O) groups is 1. The summed E-state index contributed by atoms with van der Waals surface area (Å²) in [4.78, 5) is 24.2. The summed E-state index contributed by atoms with van der Waals surface area (Å²) in [5, 5.41) is 10.1. The van der Waals surface area contributed by atoms with Crippen molar-refractivity contribution in [2.24, 2.45) is 0 Å². The maximum absolute atomic E-state index is 12.4. The number of benzene rings is 1. The predicted molar refractivity (Wildman–Crippen MR) is 100 cm³/mol. The molecule has 0 saturated heterocycles. The number of ether oxygens (including phenoxy) is 1. The van der Waals surface area contributed by atoms with Crippen molar-refractivity contribution >= 4 is 17.7 Å². The van der Waals surface area contributed by atoms with Gasteiger partial charge in [-0.05, 0) is 36.8 Å². The second-order valence-electron chi connectivity index (χ2n) is 6.31. The molecule has 1 amide bonds. The molecule has 1 atom stereocenters. The van der Waals surface area contributed by atoms with Gasteiger partial charge in [0.2, 0.25) is 5.91 Å². The number of aryl methyl sites for hydroxylation is 1. The molecule has 7 nitrogen and oxygen atoms in total. The van der Waals surface area contributed by atoms with Crippen LogP contribution in [-0.4, -0.2) is 40.1 Å². The van der Waals surface area contributed by atoms with Crippen molar-refractivity contribution in [3.8, 4) is 0 Å². The molecule has 8 heteroatoms. The van der Waals surface area contributed by atoms with Crippen molar-refractivity contribution in [3.05, 3.63) is 45.9 Å². The van der Waals surface area contributed by atoms with Crippen molar-refractivity contribution in [2.75, 3.05) is 19.5 Å². The Morgan fingerprint density at radius 1 is 1.46 bits per heavy atom. The lowest BCUT2D eigenvalue weighted by atomic mass is 9.88. The molecule has 0 aliphatic heterocycles. The van der Waals surface area contributed by atoms with Gasteiger partial charge >= 0.3 is 5.69 Å². The van der Waals surface area contributed by atoms with Gasteiger partial charge in [0.1, 0.15) is 0 Å². The Bertz CT molecular complexity index is 802. The van der Waals surface area contributed by atoms with Crippen molar-refractivity contribution in [1.29, 1.82) is 0 Å². The van der Waals surface area contributed by atoms with Gasteiger partial charge in [-0.1, -0.05) is 36.0 Å². The SMILES string of the molecule is COCCCn1c(SCC(=O)NC2CCCc3ccccc32)n[nH]c1=O. The van der Waals surface area contributed by atoms with Crippen LogP contribution < -0.4 is 11.0 Å². The Balaban J connectivity index is 1.56. The third-order valence-electron chi connectivity index (χ3n) is 4.49. The molecule has 0 fully saturated rings. The third-order valence-corrected chi connectivity index (χ3v) is 5.47. The number of aromatic amines is 1. The Hall–Kier alpha value is -2.06. The molecule has 0 spiro atoms. The number of nitrogens with zero attached hydrogens (tertiary/aromatic N) is 2. The van der Waals surface area contributed by atoms with Gasteiger partial charge in [0, 0.05) is 20.3 Å². The molecule has 1 aromatic heterocycles. The molecule has 2 aromatic rings. The number of aromatic nitrogens is 3. The van der Waals surface area contributed by atoms with Crippen molar-refractivity contribution in [2.45, 2.75) is 43.4 Å². The molecule has 1 unspecified atom stereocenters. The fraction of sp³-hybridized carbons (Fsp3) is 0.500. The number of carbonyl (C=O) groups excluding carboxylic acids is 1. The van der Waals surface area contributed by atoms with Crippen LogP contribution in [0.25, 0.3) is 0 Å². The van der Waals surface area contributed by atoms with E-state index < -0.39 is 0 Å². The smallest absolute Gasteiger partial charge is 0.343 e. The molecule has 2 N–H and O–H groups in total. The Morgan fingerprint density at radius 3 is 3.15 bits per heavy atom. The molecule has 3 rings (SSSR count). The predicted octanol–water partition coefficient (Wildman–Crippen LogP) is 1.89. The molecule has 140 valence electrons. The number of nitrogens with one attached hydrogen (secondary N) is 2. The van der Waals surface area contributed by atoms with Gasteiger partial charge < -0.3 is 10.1 Å². The van der Waals surface area contributed by atoms with Gasteiger partial charge in [-0.25, -0.2) is 9.89 Å². The molecule has 0 saturated carbocycles. The maximum Gasteiger partial charge on any atom is 0.343 e. The van der Waals surface area contributed by atoms with E-state index in [0.717, 1.165) is 19.3 Å². The second kappa shape index (κ2) is 9.05. The second-order valence-corrected chi connectivity index (χ2v) is 7.25. The van der Waals surface area contributed by atoms with E-state index in [0.29, 0.717) is 24.7 Å². The van der Waals surface area contributed by atoms with Crippen LogP contribution >= 0.6 is 11.8 Å². The Kier molecular flexibility index (Phi) is 6.51. The number of thioether (sulfide) groups is 1. The highest BCUT2D eigenvalue weighted by atomic mass is 32.2. The first-order chi connectivity index (χ1) is 12.7. The zero-order chi connectivity index (χ0) is 18.4.